The first kappa shape index (κ1) is 12.3. The van der Waals surface area contributed by atoms with Crippen LogP contribution in [0.5, 0.6) is 0 Å². The van der Waals surface area contributed by atoms with Gasteiger partial charge in [-0.15, -0.1) is 0 Å². The first-order valence-electron chi connectivity index (χ1n) is 7.57. The molecule has 3 rings (SSSR count). The zero-order valence-electron chi connectivity index (χ0n) is 10.8. The molecule has 0 aromatic rings. The lowest BCUT2D eigenvalue weighted by molar-refractivity contribution is 0.0980. The molecule has 0 spiro atoms. The molecule has 4 unspecified atom stereocenters. The van der Waals surface area contributed by atoms with Crippen molar-refractivity contribution in [3.05, 3.63) is 0 Å². The maximum Gasteiger partial charge on any atom is 0.0545 e. The van der Waals surface area contributed by atoms with Crippen LogP contribution in [0.1, 0.15) is 51.4 Å². The van der Waals surface area contributed by atoms with Gasteiger partial charge in [-0.05, 0) is 80.1 Å². The van der Waals surface area contributed by atoms with Crippen LogP contribution in [-0.4, -0.2) is 22.7 Å². The summed E-state index contributed by atoms with van der Waals surface area (Å²) in [6.07, 6.45) is 10.8. The molecule has 3 aliphatic rings. The standard InChI is InChI=1S/C15H26OS/c16-15(9-11-3-5-17-6-4-11)10-14-8-12-1-2-13(14)7-12/h11-16H,1-10H2. The van der Waals surface area contributed by atoms with Gasteiger partial charge in [0, 0.05) is 0 Å². The predicted molar refractivity (Wildman–Crippen MR) is 74.2 cm³/mol. The van der Waals surface area contributed by atoms with Crippen molar-refractivity contribution in [1.82, 2.24) is 0 Å². The summed E-state index contributed by atoms with van der Waals surface area (Å²) >= 11 is 2.09. The molecule has 1 aliphatic heterocycles. The predicted octanol–water partition coefficient (Wildman–Crippen LogP) is 3.71. The van der Waals surface area contributed by atoms with Gasteiger partial charge < -0.3 is 5.11 Å². The highest BCUT2D eigenvalue weighted by atomic mass is 32.2. The highest BCUT2D eigenvalue weighted by Crippen LogP contribution is 2.50. The van der Waals surface area contributed by atoms with E-state index in [1.807, 2.05) is 0 Å². The summed E-state index contributed by atoms with van der Waals surface area (Å²) in [5.41, 5.74) is 0. The van der Waals surface area contributed by atoms with Gasteiger partial charge in [0.2, 0.25) is 0 Å². The van der Waals surface area contributed by atoms with E-state index < -0.39 is 0 Å². The fraction of sp³-hybridized carbons (Fsp3) is 1.00. The van der Waals surface area contributed by atoms with Gasteiger partial charge in [-0.1, -0.05) is 6.42 Å². The first-order chi connectivity index (χ1) is 8.31. The van der Waals surface area contributed by atoms with Crippen molar-refractivity contribution in [3.63, 3.8) is 0 Å². The second-order valence-corrected chi connectivity index (χ2v) is 7.84. The van der Waals surface area contributed by atoms with Crippen LogP contribution in [0.25, 0.3) is 0 Å². The Morgan fingerprint density at radius 1 is 1.00 bits per heavy atom. The van der Waals surface area contributed by atoms with E-state index in [-0.39, 0.29) is 6.10 Å². The van der Waals surface area contributed by atoms with Gasteiger partial charge in [0.25, 0.3) is 0 Å². The van der Waals surface area contributed by atoms with Gasteiger partial charge >= 0.3 is 0 Å². The third-order valence-electron chi connectivity index (χ3n) is 5.41. The lowest BCUT2D eigenvalue weighted by atomic mass is 9.82. The Balaban J connectivity index is 1.42. The van der Waals surface area contributed by atoms with Crippen LogP contribution in [0, 0.1) is 23.7 Å². The average molecular weight is 254 g/mol. The van der Waals surface area contributed by atoms with E-state index in [0.717, 1.165) is 36.5 Å². The van der Waals surface area contributed by atoms with Gasteiger partial charge in [-0.2, -0.15) is 11.8 Å². The third kappa shape index (κ3) is 3.01. The number of fused-ring (bicyclic) bond motifs is 2. The maximum absolute atomic E-state index is 10.3. The number of aliphatic hydroxyl groups excluding tert-OH is 1. The van der Waals surface area contributed by atoms with E-state index in [1.165, 1.54) is 50.0 Å². The molecule has 0 aromatic heterocycles. The van der Waals surface area contributed by atoms with Crippen LogP contribution in [0.3, 0.4) is 0 Å². The number of hydrogen-bond donors (Lipinski definition) is 1. The normalized spacial score (nSPS) is 39.7. The number of thioether (sulfide) groups is 1. The summed E-state index contributed by atoms with van der Waals surface area (Å²) in [6, 6.07) is 0. The minimum absolute atomic E-state index is 0.00690. The molecule has 1 heterocycles. The maximum atomic E-state index is 10.3. The van der Waals surface area contributed by atoms with E-state index in [2.05, 4.69) is 11.8 Å². The largest absolute Gasteiger partial charge is 0.393 e. The van der Waals surface area contributed by atoms with Crippen LogP contribution < -0.4 is 0 Å². The molecule has 0 radical (unpaired) electrons. The van der Waals surface area contributed by atoms with E-state index in [9.17, 15) is 5.11 Å². The molecule has 2 saturated carbocycles. The van der Waals surface area contributed by atoms with Crippen LogP contribution >= 0.6 is 11.8 Å². The minimum Gasteiger partial charge on any atom is -0.393 e. The molecular formula is C15H26OS. The molecule has 1 saturated heterocycles. The highest BCUT2D eigenvalue weighted by molar-refractivity contribution is 7.99. The zero-order chi connectivity index (χ0) is 11.7. The Hall–Kier alpha value is 0.310. The fourth-order valence-electron chi connectivity index (χ4n) is 4.48. The molecule has 98 valence electrons. The van der Waals surface area contributed by atoms with Gasteiger partial charge in [0.15, 0.2) is 0 Å². The van der Waals surface area contributed by atoms with Gasteiger partial charge in [0.05, 0.1) is 6.10 Å². The van der Waals surface area contributed by atoms with Gasteiger partial charge in [0.1, 0.15) is 0 Å². The number of hydrogen-bond acceptors (Lipinski definition) is 2. The Labute approximate surface area is 110 Å². The molecule has 3 fully saturated rings. The summed E-state index contributed by atoms with van der Waals surface area (Å²) in [5.74, 6) is 6.36. The SMILES string of the molecule is OC(CC1CCSCC1)CC1CC2CCC1C2. The summed E-state index contributed by atoms with van der Waals surface area (Å²) in [5, 5.41) is 10.3. The van der Waals surface area contributed by atoms with E-state index in [4.69, 9.17) is 0 Å². The topological polar surface area (TPSA) is 20.2 Å². The second-order valence-electron chi connectivity index (χ2n) is 6.62. The summed E-state index contributed by atoms with van der Waals surface area (Å²) in [6.45, 7) is 0. The van der Waals surface area contributed by atoms with E-state index in [0.29, 0.717) is 0 Å². The van der Waals surface area contributed by atoms with E-state index >= 15 is 0 Å². The summed E-state index contributed by atoms with van der Waals surface area (Å²) in [4.78, 5) is 0. The molecular weight excluding hydrogens is 228 g/mol. The zero-order valence-corrected chi connectivity index (χ0v) is 11.6. The molecule has 2 aliphatic carbocycles. The van der Waals surface area contributed by atoms with Crippen molar-refractivity contribution in [1.29, 1.82) is 0 Å². The molecule has 4 atom stereocenters. The Bertz CT molecular complexity index is 249. The van der Waals surface area contributed by atoms with Gasteiger partial charge in [-0.3, -0.25) is 0 Å². The van der Waals surface area contributed by atoms with Crippen LogP contribution in [0.2, 0.25) is 0 Å². The molecule has 1 N–H and O–H groups in total. The quantitative estimate of drug-likeness (QED) is 0.825. The monoisotopic (exact) mass is 254 g/mol. The molecule has 1 nitrogen and oxygen atoms in total. The number of rotatable bonds is 4. The lowest BCUT2D eigenvalue weighted by Crippen LogP contribution is -2.22. The summed E-state index contributed by atoms with van der Waals surface area (Å²) in [7, 11) is 0. The molecule has 2 heteroatoms. The van der Waals surface area contributed by atoms with Crippen molar-refractivity contribution in [2.45, 2.75) is 57.5 Å². The summed E-state index contributed by atoms with van der Waals surface area (Å²) < 4.78 is 0. The molecule has 2 bridgehead atoms. The number of aliphatic hydroxyl groups is 1. The smallest absolute Gasteiger partial charge is 0.0545 e. The second kappa shape index (κ2) is 5.52. The Morgan fingerprint density at radius 3 is 2.47 bits per heavy atom. The van der Waals surface area contributed by atoms with Crippen LogP contribution in [-0.2, 0) is 0 Å². The Morgan fingerprint density at radius 2 is 1.82 bits per heavy atom. The fourth-order valence-corrected chi connectivity index (χ4v) is 5.68. The van der Waals surface area contributed by atoms with Gasteiger partial charge in [-0.25, -0.2) is 0 Å². The first-order valence-corrected chi connectivity index (χ1v) is 8.72. The molecule has 0 aromatic carbocycles. The van der Waals surface area contributed by atoms with E-state index in [1.54, 1.807) is 0 Å². The lowest BCUT2D eigenvalue weighted by Gasteiger charge is -2.28. The molecule has 0 amide bonds. The van der Waals surface area contributed by atoms with Crippen molar-refractivity contribution in [2.24, 2.45) is 23.7 Å². The molecule has 17 heavy (non-hydrogen) atoms. The van der Waals surface area contributed by atoms with Crippen molar-refractivity contribution < 1.29 is 5.11 Å². The van der Waals surface area contributed by atoms with Crippen LogP contribution in [0.15, 0.2) is 0 Å². The average Bonchev–Trinajstić information content (AvgIpc) is 2.92. The van der Waals surface area contributed by atoms with Crippen molar-refractivity contribution in [2.75, 3.05) is 11.5 Å². The Kier molecular flexibility index (Phi) is 4.01. The minimum atomic E-state index is 0.00690. The van der Waals surface area contributed by atoms with Crippen LogP contribution in [0.4, 0.5) is 0 Å². The van der Waals surface area contributed by atoms with Crippen molar-refractivity contribution >= 4 is 11.8 Å². The third-order valence-corrected chi connectivity index (χ3v) is 6.45. The van der Waals surface area contributed by atoms with Crippen molar-refractivity contribution in [3.8, 4) is 0 Å². The highest BCUT2D eigenvalue weighted by Gasteiger charge is 2.40.